The summed E-state index contributed by atoms with van der Waals surface area (Å²) >= 11 is 5.96. The number of nitrogens with zero attached hydrogens (tertiary/aromatic N) is 14. The lowest BCUT2D eigenvalue weighted by Gasteiger charge is -2.04. The topological polar surface area (TPSA) is 337 Å². The number of hydrogen-bond acceptors (Lipinski definition) is 25. The van der Waals surface area contributed by atoms with Crippen LogP contribution in [0.3, 0.4) is 0 Å². The summed E-state index contributed by atoms with van der Waals surface area (Å²) in [6, 6.07) is 25.3. The van der Waals surface area contributed by atoms with Crippen LogP contribution in [0, 0.1) is 0 Å². The first-order valence-electron chi connectivity index (χ1n) is 28.6. The van der Waals surface area contributed by atoms with Crippen molar-refractivity contribution in [2.24, 2.45) is 0 Å². The highest BCUT2D eigenvalue weighted by molar-refractivity contribution is 7.15. The van der Waals surface area contributed by atoms with E-state index in [1.54, 1.807) is 59.5 Å². The molecule has 0 amide bonds. The SMILES string of the molecule is CC(C)c1ccc(-c2cc(N)no2)nc1.CC(C)c1ccc(-c2ccno2)nc1.CC(C)c1ccc(-c2nc(N)cs2)cn1.CC(C)c1ccc(-c2nc(N)cs2)nc1.CC(C)c1ccc(-c2nc(N)ns2)cn1.CC(C)c1ncc(-c2nccc(N)n2)s1. The van der Waals surface area contributed by atoms with Gasteiger partial charge in [-0.2, -0.15) is 9.36 Å². The van der Waals surface area contributed by atoms with E-state index in [0.717, 1.165) is 64.5 Å². The third kappa shape index (κ3) is 20.4. The van der Waals surface area contributed by atoms with E-state index in [1.807, 2.05) is 90.3 Å². The summed E-state index contributed by atoms with van der Waals surface area (Å²) in [5.41, 5.74) is 38.0. The number of pyridine rings is 5. The lowest BCUT2D eigenvalue weighted by molar-refractivity contribution is 0.431. The summed E-state index contributed by atoms with van der Waals surface area (Å²) in [7, 11) is 0. The molecule has 0 bridgehead atoms. The molecule has 12 aromatic rings. The van der Waals surface area contributed by atoms with Gasteiger partial charge in [0.1, 0.15) is 43.9 Å². The van der Waals surface area contributed by atoms with Gasteiger partial charge in [0.15, 0.2) is 23.2 Å². The predicted octanol–water partition coefficient (Wildman–Crippen LogP) is 15.7. The van der Waals surface area contributed by atoms with Gasteiger partial charge in [-0.25, -0.2) is 24.9 Å². The van der Waals surface area contributed by atoms with Crippen LogP contribution in [0.2, 0.25) is 0 Å². The minimum absolute atomic E-state index is 0.322. The first-order valence-corrected chi connectivity index (χ1v) is 32.0. The van der Waals surface area contributed by atoms with Crippen molar-refractivity contribution in [3.63, 3.8) is 0 Å². The van der Waals surface area contributed by atoms with Gasteiger partial charge < -0.3 is 37.7 Å². The van der Waals surface area contributed by atoms with Gasteiger partial charge in [0.05, 0.1) is 21.8 Å². The van der Waals surface area contributed by atoms with Crippen LogP contribution in [0.25, 0.3) is 65.5 Å². The lowest BCUT2D eigenvalue weighted by Crippen LogP contribution is -1.92. The Hall–Kier alpha value is -9.30. The molecule has 0 saturated carbocycles. The standard InChI is InChI=1S/C11H13N3O.2C11H13N3S.C11H12N2O.2C10H12N4S/c1-7(2)8-3-4-9(13-6-8)10-5-11(12)14-15-10;1-7(2)9-4-3-8(5-13-9)11-14-10(12)6-15-11;1-7(2)8-3-4-9(13-5-8)11-14-10(12)6-15-11;1-8(2)9-3-4-10(12-7-9)11-5-6-13-14-11;1-6(2)10-13-5-7(15-10)9-12-4-3-8(11)14-9;1-6(2)8-4-3-7(5-12-8)9-13-10(11)14-15-9/h3-7H,1-2H3,(H2,12,14);2*3-7H,12H2,1-2H3;3-8H,1-2H3;3-6H,1-2H3,(H2,11,12,14);3-6H,1-2H3,(H2,11,14). The summed E-state index contributed by atoms with van der Waals surface area (Å²) in [6.45, 7) is 25.6. The molecule has 0 unspecified atom stereocenters. The van der Waals surface area contributed by atoms with Crippen LogP contribution in [0.1, 0.15) is 152 Å². The summed E-state index contributed by atoms with van der Waals surface area (Å²) in [4.78, 5) is 47.8. The maximum Gasteiger partial charge on any atom is 0.232 e. The lowest BCUT2D eigenvalue weighted by atomic mass is 10.1. The molecule has 89 heavy (non-hydrogen) atoms. The number of hydrogen-bond donors (Lipinski definition) is 5. The van der Waals surface area contributed by atoms with E-state index in [0.29, 0.717) is 82.1 Å². The molecule has 0 fully saturated rings. The Morgan fingerprint density at radius 2 is 0.944 bits per heavy atom. The molecule has 0 radical (unpaired) electrons. The highest BCUT2D eigenvalue weighted by atomic mass is 32.1. The monoisotopic (exact) mass is 1270 g/mol. The minimum atomic E-state index is 0.322. The summed E-state index contributed by atoms with van der Waals surface area (Å²) < 4.78 is 14.0. The van der Waals surface area contributed by atoms with E-state index in [1.165, 1.54) is 39.6 Å². The average molecular weight is 1270 g/mol. The summed E-state index contributed by atoms with van der Waals surface area (Å²) in [5, 5.41) is 14.6. The highest BCUT2D eigenvalue weighted by Gasteiger charge is 2.13. The minimum Gasteiger partial charge on any atom is -0.384 e. The molecule has 0 spiro atoms. The van der Waals surface area contributed by atoms with Crippen molar-refractivity contribution in [1.29, 1.82) is 0 Å². The van der Waals surface area contributed by atoms with E-state index in [2.05, 4.69) is 165 Å². The van der Waals surface area contributed by atoms with Gasteiger partial charge in [-0.3, -0.25) is 24.9 Å². The van der Waals surface area contributed by atoms with Gasteiger partial charge in [-0.05, 0) is 106 Å². The fourth-order valence-corrected chi connectivity index (χ4v) is 10.3. The number of anilines is 5. The second-order valence-electron chi connectivity index (χ2n) is 21.8. The third-order valence-corrected chi connectivity index (χ3v) is 16.6. The smallest absolute Gasteiger partial charge is 0.232 e. The van der Waals surface area contributed by atoms with Crippen molar-refractivity contribution in [3.8, 4) is 65.5 Å². The zero-order valence-corrected chi connectivity index (χ0v) is 55.1. The first kappa shape index (κ1) is 67.2. The fraction of sp³-hybridized carbons (Fsp3) is 0.281. The van der Waals surface area contributed by atoms with Crippen LogP contribution >= 0.6 is 45.5 Å². The van der Waals surface area contributed by atoms with Gasteiger partial charge in [0.2, 0.25) is 5.95 Å². The molecule has 21 nitrogen and oxygen atoms in total. The largest absolute Gasteiger partial charge is 0.384 e. The van der Waals surface area contributed by atoms with E-state index in [4.69, 9.17) is 37.7 Å². The molecule has 0 aliphatic rings. The van der Waals surface area contributed by atoms with Crippen molar-refractivity contribution in [2.75, 3.05) is 28.7 Å². The molecule has 12 rings (SSSR count). The van der Waals surface area contributed by atoms with E-state index in [9.17, 15) is 0 Å². The van der Waals surface area contributed by atoms with E-state index >= 15 is 0 Å². The molecular formula is C64H75N19O2S4. The fourth-order valence-electron chi connectivity index (χ4n) is 7.49. The molecule has 0 aromatic carbocycles. The predicted molar refractivity (Wildman–Crippen MR) is 363 cm³/mol. The van der Waals surface area contributed by atoms with Gasteiger partial charge in [0, 0.05) is 94.7 Å². The molecular weight excluding hydrogens is 1200 g/mol. The average Bonchev–Trinajstić information content (AvgIpc) is 4.60. The number of rotatable bonds is 12. The van der Waals surface area contributed by atoms with Gasteiger partial charge in [0.25, 0.3) is 0 Å². The quantitative estimate of drug-likeness (QED) is 0.0758. The zero-order chi connectivity index (χ0) is 64.1. The number of aromatic nitrogens is 14. The Labute approximate surface area is 535 Å². The molecule has 462 valence electrons. The molecule has 12 aromatic heterocycles. The molecule has 0 aliphatic heterocycles. The Balaban J connectivity index is 0.000000152. The molecule has 0 saturated heterocycles. The molecule has 0 atom stereocenters. The van der Waals surface area contributed by atoms with Crippen molar-refractivity contribution in [1.82, 2.24) is 69.5 Å². The third-order valence-electron chi connectivity index (χ3n) is 12.7. The maximum absolute atomic E-state index is 5.60. The number of thiazole rings is 3. The molecule has 0 aliphatic carbocycles. The van der Waals surface area contributed by atoms with Crippen molar-refractivity contribution < 1.29 is 9.05 Å². The van der Waals surface area contributed by atoms with Gasteiger partial charge in [-0.1, -0.05) is 112 Å². The number of nitrogens with two attached hydrogens (primary N) is 5. The van der Waals surface area contributed by atoms with Gasteiger partial charge in [-0.15, -0.1) is 34.0 Å². The Morgan fingerprint density at radius 3 is 1.34 bits per heavy atom. The van der Waals surface area contributed by atoms with Crippen molar-refractivity contribution >= 4 is 74.8 Å². The Morgan fingerprint density at radius 1 is 0.404 bits per heavy atom. The Kier molecular flexibility index (Phi) is 24.6. The maximum atomic E-state index is 5.60. The van der Waals surface area contributed by atoms with Crippen LogP contribution < -0.4 is 28.7 Å². The van der Waals surface area contributed by atoms with Crippen LogP contribution in [0.5, 0.6) is 0 Å². The Bertz CT molecular complexity index is 3640. The molecule has 25 heteroatoms. The molecule has 12 heterocycles. The van der Waals surface area contributed by atoms with Crippen molar-refractivity contribution in [3.05, 3.63) is 172 Å². The van der Waals surface area contributed by atoms with Crippen LogP contribution in [-0.4, -0.2) is 69.5 Å². The summed E-state index contributed by atoms with van der Waals surface area (Å²) in [6.07, 6.45) is 14.4. The first-order chi connectivity index (χ1) is 42.6. The van der Waals surface area contributed by atoms with E-state index in [-0.39, 0.29) is 0 Å². The van der Waals surface area contributed by atoms with Crippen LogP contribution in [0.15, 0.2) is 148 Å². The highest BCUT2D eigenvalue weighted by Crippen LogP contribution is 2.30. The molecule has 10 N–H and O–H groups in total. The van der Waals surface area contributed by atoms with Gasteiger partial charge >= 0.3 is 0 Å². The van der Waals surface area contributed by atoms with Crippen molar-refractivity contribution in [2.45, 2.75) is 119 Å². The van der Waals surface area contributed by atoms with Crippen LogP contribution in [0.4, 0.5) is 29.2 Å². The normalized spacial score (nSPS) is 10.9. The summed E-state index contributed by atoms with van der Waals surface area (Å²) in [5.74, 6) is 7.10. The second kappa shape index (κ2) is 32.6. The number of nitrogen functional groups attached to an aromatic ring is 5. The van der Waals surface area contributed by atoms with Crippen LogP contribution in [-0.2, 0) is 0 Å². The second-order valence-corrected chi connectivity index (χ2v) is 25.3. The van der Waals surface area contributed by atoms with E-state index < -0.39 is 0 Å². The zero-order valence-electron chi connectivity index (χ0n) is 51.8.